The zero-order valence-corrected chi connectivity index (χ0v) is 26.4. The molecule has 9 nitrogen and oxygen atoms in total. The van der Waals surface area contributed by atoms with Crippen LogP contribution in [0, 0.1) is 24.0 Å². The van der Waals surface area contributed by atoms with Crippen LogP contribution in [0.25, 0.3) is 32.9 Å². The van der Waals surface area contributed by atoms with Crippen LogP contribution in [0.4, 0.5) is 19.0 Å². The summed E-state index contributed by atoms with van der Waals surface area (Å²) >= 11 is 0. The summed E-state index contributed by atoms with van der Waals surface area (Å²) in [6.07, 6.45) is 13.3. The molecule has 4 aromatic rings. The molecule has 2 aromatic carbocycles. The van der Waals surface area contributed by atoms with E-state index in [0.717, 1.165) is 51.6 Å². The monoisotopic (exact) mass is 656 g/mol. The molecule has 5 heterocycles. The van der Waals surface area contributed by atoms with Crippen LogP contribution in [0.5, 0.6) is 11.8 Å². The fourth-order valence-corrected chi connectivity index (χ4v) is 7.64. The second-order valence-corrected chi connectivity index (χ2v) is 12.9. The van der Waals surface area contributed by atoms with Crippen molar-refractivity contribution < 1.29 is 27.8 Å². The first-order chi connectivity index (χ1) is 23.2. The first kappa shape index (κ1) is 31.7. The predicted octanol–water partition coefficient (Wildman–Crippen LogP) is 5.78. The predicted molar refractivity (Wildman–Crippen MR) is 176 cm³/mol. The molecule has 3 aliphatic heterocycles. The summed E-state index contributed by atoms with van der Waals surface area (Å²) < 4.78 is 51.6. The smallest absolute Gasteiger partial charge is 0.319 e. The number of halogens is 3. The minimum Gasteiger partial charge on any atom is -0.508 e. The van der Waals surface area contributed by atoms with Gasteiger partial charge in [0.05, 0.1) is 16.5 Å². The summed E-state index contributed by atoms with van der Waals surface area (Å²) in [6, 6.07) is 4.95. The summed E-state index contributed by atoms with van der Waals surface area (Å²) in [5, 5.41) is 14.2. The first-order valence-electron chi connectivity index (χ1n) is 16.2. The molecule has 0 aliphatic carbocycles. The van der Waals surface area contributed by atoms with Crippen LogP contribution in [-0.2, 0) is 4.79 Å². The van der Waals surface area contributed by atoms with Gasteiger partial charge in [0, 0.05) is 36.3 Å². The average Bonchev–Trinajstić information content (AvgIpc) is 3.57. The normalized spacial score (nSPS) is 19.2. The summed E-state index contributed by atoms with van der Waals surface area (Å²) in [6.45, 7) is 6.25. The van der Waals surface area contributed by atoms with E-state index in [1.54, 1.807) is 0 Å². The Hall–Kier alpha value is -4.89. The van der Waals surface area contributed by atoms with Crippen molar-refractivity contribution in [2.24, 2.45) is 0 Å². The number of amides is 1. The van der Waals surface area contributed by atoms with Crippen LogP contribution in [0.1, 0.15) is 50.5 Å². The number of pyridine rings is 1. The number of anilines is 1. The van der Waals surface area contributed by atoms with E-state index in [0.29, 0.717) is 36.2 Å². The highest BCUT2D eigenvalue weighted by molar-refractivity contribution is 6.03. The molecular weight excluding hydrogens is 621 g/mol. The van der Waals surface area contributed by atoms with Crippen molar-refractivity contribution >= 4 is 33.4 Å². The molecule has 2 aromatic heterocycles. The molecule has 1 amide bonds. The summed E-state index contributed by atoms with van der Waals surface area (Å²) in [5.41, 5.74) is -0.357. The molecule has 3 aliphatic rings. The molecule has 7 rings (SSSR count). The molecule has 0 bridgehead atoms. The maximum atomic E-state index is 16.9. The van der Waals surface area contributed by atoms with Gasteiger partial charge in [0.1, 0.15) is 35.2 Å². The average molecular weight is 657 g/mol. The van der Waals surface area contributed by atoms with Crippen LogP contribution >= 0.6 is 0 Å². The lowest BCUT2D eigenvalue weighted by molar-refractivity contribution is -0.119. The number of phenols is 1. The Morgan fingerprint density at radius 3 is 2.69 bits per heavy atom. The van der Waals surface area contributed by atoms with E-state index < -0.39 is 29.4 Å². The van der Waals surface area contributed by atoms with E-state index in [4.69, 9.17) is 16.1 Å². The number of terminal acetylenes is 1. The van der Waals surface area contributed by atoms with Gasteiger partial charge in [-0.1, -0.05) is 18.6 Å². The van der Waals surface area contributed by atoms with E-state index >= 15 is 4.39 Å². The minimum atomic E-state index is -1.08. The van der Waals surface area contributed by atoms with E-state index in [-0.39, 0.29) is 51.6 Å². The number of rotatable bonds is 7. The van der Waals surface area contributed by atoms with Gasteiger partial charge in [-0.05, 0) is 81.6 Å². The Morgan fingerprint density at radius 1 is 1.15 bits per heavy atom. The molecule has 3 saturated heterocycles. The Bertz CT molecular complexity index is 1990. The molecule has 1 atom stereocenters. The molecule has 0 saturated carbocycles. The summed E-state index contributed by atoms with van der Waals surface area (Å²) in [4.78, 5) is 30.3. The zero-order chi connectivity index (χ0) is 33.6. The Kier molecular flexibility index (Phi) is 8.33. The van der Waals surface area contributed by atoms with E-state index in [2.05, 4.69) is 32.7 Å². The molecule has 3 fully saturated rings. The van der Waals surface area contributed by atoms with Gasteiger partial charge in [0.25, 0.3) is 5.91 Å². The van der Waals surface area contributed by atoms with E-state index in [1.807, 2.05) is 4.90 Å². The quantitative estimate of drug-likeness (QED) is 0.191. The number of carbonyl (C=O) groups excluding carboxylic acids is 1. The second kappa shape index (κ2) is 12.6. The summed E-state index contributed by atoms with van der Waals surface area (Å²) in [7, 11) is 0. The summed E-state index contributed by atoms with van der Waals surface area (Å²) in [5.74, 6) is -0.905. The Morgan fingerprint density at radius 2 is 1.94 bits per heavy atom. The number of nitrogens with one attached hydrogen (secondary N) is 1. The zero-order valence-electron chi connectivity index (χ0n) is 26.4. The molecular formula is C36H35F3N6O3. The topological polar surface area (TPSA) is 104 Å². The van der Waals surface area contributed by atoms with Gasteiger partial charge in [-0.2, -0.15) is 9.97 Å². The van der Waals surface area contributed by atoms with Crippen LogP contribution in [-0.4, -0.2) is 75.2 Å². The van der Waals surface area contributed by atoms with Crippen molar-refractivity contribution in [2.75, 3.05) is 37.7 Å². The van der Waals surface area contributed by atoms with Gasteiger partial charge in [-0.25, -0.2) is 13.2 Å². The standard InChI is InChI=1S/C36H35F3N6O3/c1-3-25-28(38)10-9-22-16-24(46)17-26(29(22)25)31-30(39)32-27(18-40-31)33(44-13-5-4-8-23(19-44)41-34(47)21(2)37)43-35(42-32)48-20-36-11-6-14-45(36)15-7-12-36/h1,9-10,16-18,23,46H,2,4-8,11-15,19-20H2,(H,41,47). The second-order valence-electron chi connectivity index (χ2n) is 12.9. The number of carbonyl (C=O) groups is 1. The molecule has 48 heavy (non-hydrogen) atoms. The molecule has 12 heteroatoms. The molecule has 2 N–H and O–H groups in total. The molecule has 0 radical (unpaired) electrons. The van der Waals surface area contributed by atoms with Crippen molar-refractivity contribution in [1.82, 2.24) is 25.2 Å². The van der Waals surface area contributed by atoms with Crippen molar-refractivity contribution in [1.29, 1.82) is 0 Å². The number of nitrogens with zero attached hydrogens (tertiary/aromatic N) is 5. The third-order valence-corrected chi connectivity index (χ3v) is 9.93. The van der Waals surface area contributed by atoms with Crippen molar-refractivity contribution in [2.45, 2.75) is 56.5 Å². The van der Waals surface area contributed by atoms with Crippen LogP contribution in [0.3, 0.4) is 0 Å². The SMILES string of the molecule is C#Cc1c(F)ccc2cc(O)cc(-c3ncc4c(N5CCCCC(NC(=O)C(=C)F)C5)nc(OCC56CCCN5CCC6)nc4c3F)c12. The molecule has 0 spiro atoms. The highest BCUT2D eigenvalue weighted by Crippen LogP contribution is 2.41. The number of benzene rings is 2. The van der Waals surface area contributed by atoms with Gasteiger partial charge in [0.15, 0.2) is 11.6 Å². The number of fused-ring (bicyclic) bond motifs is 3. The van der Waals surface area contributed by atoms with Gasteiger partial charge in [-0.15, -0.1) is 6.42 Å². The minimum absolute atomic E-state index is 0.0141. The lowest BCUT2D eigenvalue weighted by atomic mass is 9.95. The van der Waals surface area contributed by atoms with Crippen LogP contribution in [0.2, 0.25) is 0 Å². The number of phenolic OH excluding ortho intramolecular Hbond substituents is 1. The van der Waals surface area contributed by atoms with Gasteiger partial charge >= 0.3 is 6.01 Å². The maximum Gasteiger partial charge on any atom is 0.319 e. The third kappa shape index (κ3) is 5.66. The number of hydrogen-bond donors (Lipinski definition) is 2. The number of aromatic hydroxyl groups is 1. The van der Waals surface area contributed by atoms with Crippen molar-refractivity contribution in [3.05, 3.63) is 60.1 Å². The largest absolute Gasteiger partial charge is 0.508 e. The molecule has 1 unspecified atom stereocenters. The van der Waals surface area contributed by atoms with E-state index in [1.165, 1.54) is 30.5 Å². The lowest BCUT2D eigenvalue weighted by Gasteiger charge is -2.31. The van der Waals surface area contributed by atoms with Gasteiger partial charge < -0.3 is 20.1 Å². The van der Waals surface area contributed by atoms with E-state index in [9.17, 15) is 18.7 Å². The number of ether oxygens (including phenoxy) is 1. The molecule has 248 valence electrons. The first-order valence-corrected chi connectivity index (χ1v) is 16.2. The van der Waals surface area contributed by atoms with Gasteiger partial charge in [-0.3, -0.25) is 14.7 Å². The lowest BCUT2D eigenvalue weighted by Crippen LogP contribution is -2.44. The third-order valence-electron chi connectivity index (χ3n) is 9.93. The van der Waals surface area contributed by atoms with Crippen LogP contribution in [0.15, 0.2) is 42.9 Å². The maximum absolute atomic E-state index is 16.9. The number of aromatic nitrogens is 3. The van der Waals surface area contributed by atoms with Crippen LogP contribution < -0.4 is 15.0 Å². The fraction of sp³-hybridized carbons (Fsp3) is 0.389. The highest BCUT2D eigenvalue weighted by atomic mass is 19.1. The van der Waals surface area contributed by atoms with Crippen molar-refractivity contribution in [3.8, 4) is 35.4 Å². The highest BCUT2D eigenvalue weighted by Gasteiger charge is 2.45. The fourth-order valence-electron chi connectivity index (χ4n) is 7.64. The number of hydrogen-bond acceptors (Lipinski definition) is 8. The Balaban J connectivity index is 1.36. The van der Waals surface area contributed by atoms with Gasteiger partial charge in [0.2, 0.25) is 0 Å². The van der Waals surface area contributed by atoms with Crippen molar-refractivity contribution in [3.63, 3.8) is 0 Å². The Labute approximate surface area is 275 Å².